The first-order valence-electron chi connectivity index (χ1n) is 8.41. The fraction of sp³-hybridized carbons (Fsp3) is 0.158. The Bertz CT molecular complexity index is 1130. The summed E-state index contributed by atoms with van der Waals surface area (Å²) in [5, 5.41) is 15.8. The molecule has 0 aliphatic carbocycles. The molecule has 4 aromatic rings. The van der Waals surface area contributed by atoms with Gasteiger partial charge in [-0.15, -0.1) is 0 Å². The number of nitrogens with one attached hydrogen (secondary N) is 2. The molecule has 1 aromatic carbocycles. The molecule has 7 nitrogen and oxygen atoms in total. The predicted octanol–water partition coefficient (Wildman–Crippen LogP) is 2.83. The normalized spacial score (nSPS) is 16.5. The maximum atomic E-state index is 12.3. The van der Waals surface area contributed by atoms with Gasteiger partial charge in [-0.25, -0.2) is 0 Å². The fourth-order valence-corrected chi connectivity index (χ4v) is 3.66. The quantitative estimate of drug-likeness (QED) is 0.585. The van der Waals surface area contributed by atoms with Crippen LogP contribution in [0.5, 0.6) is 0 Å². The van der Waals surface area contributed by atoms with Crippen LogP contribution >= 0.6 is 0 Å². The molecule has 1 amide bonds. The Morgan fingerprint density at radius 1 is 1.23 bits per heavy atom. The van der Waals surface area contributed by atoms with Gasteiger partial charge in [-0.2, -0.15) is 10.2 Å². The number of anilines is 1. The maximum absolute atomic E-state index is 12.3. The lowest BCUT2D eigenvalue weighted by Gasteiger charge is -2.24. The molecule has 128 valence electrons. The molecule has 26 heavy (non-hydrogen) atoms. The SMILES string of the molecule is Cn1nc(-c2cccnc2)c2c1NC(=O)CC2c1ccc2cn[nH]c2c1. The van der Waals surface area contributed by atoms with Crippen molar-refractivity contribution in [3.63, 3.8) is 0 Å². The van der Waals surface area contributed by atoms with E-state index in [0.717, 1.165) is 39.1 Å². The largest absolute Gasteiger partial charge is 0.311 e. The van der Waals surface area contributed by atoms with Crippen LogP contribution in [0.25, 0.3) is 22.2 Å². The monoisotopic (exact) mass is 344 g/mol. The Morgan fingerprint density at radius 2 is 2.15 bits per heavy atom. The third-order valence-corrected chi connectivity index (χ3v) is 4.88. The van der Waals surface area contributed by atoms with Crippen LogP contribution in [0.15, 0.2) is 48.9 Å². The molecule has 1 atom stereocenters. The maximum Gasteiger partial charge on any atom is 0.226 e. The average Bonchev–Trinajstić information content (AvgIpc) is 3.26. The van der Waals surface area contributed by atoms with E-state index in [9.17, 15) is 4.79 Å². The molecule has 1 unspecified atom stereocenters. The molecular formula is C19H16N6O. The highest BCUT2D eigenvalue weighted by atomic mass is 16.1. The van der Waals surface area contributed by atoms with Gasteiger partial charge in [0.25, 0.3) is 0 Å². The first kappa shape index (κ1) is 14.8. The van der Waals surface area contributed by atoms with E-state index in [1.165, 1.54) is 0 Å². The van der Waals surface area contributed by atoms with Gasteiger partial charge >= 0.3 is 0 Å². The zero-order chi connectivity index (χ0) is 17.7. The Labute approximate surface area is 149 Å². The van der Waals surface area contributed by atoms with Crippen LogP contribution in [-0.2, 0) is 11.8 Å². The fourth-order valence-electron chi connectivity index (χ4n) is 3.66. The van der Waals surface area contributed by atoms with Crippen molar-refractivity contribution in [3.8, 4) is 11.3 Å². The molecule has 1 aliphatic rings. The number of carbonyl (C=O) groups excluding carboxylic acids is 1. The molecule has 0 saturated carbocycles. The van der Waals surface area contributed by atoms with Crippen LogP contribution in [0.4, 0.5) is 5.82 Å². The summed E-state index contributed by atoms with van der Waals surface area (Å²) in [6, 6.07) is 10.0. The first-order valence-corrected chi connectivity index (χ1v) is 8.41. The summed E-state index contributed by atoms with van der Waals surface area (Å²) in [4.78, 5) is 16.6. The molecule has 4 heterocycles. The second-order valence-corrected chi connectivity index (χ2v) is 6.50. The number of nitrogens with zero attached hydrogens (tertiary/aromatic N) is 4. The Hall–Kier alpha value is -3.48. The van der Waals surface area contributed by atoms with Gasteiger partial charge in [0.05, 0.1) is 17.4 Å². The van der Waals surface area contributed by atoms with E-state index in [4.69, 9.17) is 0 Å². The van der Waals surface area contributed by atoms with Gasteiger partial charge in [0.15, 0.2) is 0 Å². The van der Waals surface area contributed by atoms with Gasteiger partial charge in [-0.1, -0.05) is 12.1 Å². The minimum atomic E-state index is -0.0737. The van der Waals surface area contributed by atoms with Gasteiger partial charge in [0.2, 0.25) is 5.91 Å². The van der Waals surface area contributed by atoms with E-state index in [1.807, 2.05) is 25.2 Å². The highest BCUT2D eigenvalue weighted by Gasteiger charge is 2.33. The Kier molecular flexibility index (Phi) is 3.15. The lowest BCUT2D eigenvalue weighted by atomic mass is 9.84. The lowest BCUT2D eigenvalue weighted by molar-refractivity contribution is -0.116. The summed E-state index contributed by atoms with van der Waals surface area (Å²) in [5.41, 5.74) is 4.84. The number of hydrogen-bond donors (Lipinski definition) is 2. The Morgan fingerprint density at radius 3 is 3.00 bits per heavy atom. The zero-order valence-corrected chi connectivity index (χ0v) is 14.1. The van der Waals surface area contributed by atoms with Crippen molar-refractivity contribution in [3.05, 3.63) is 60.0 Å². The van der Waals surface area contributed by atoms with E-state index in [0.29, 0.717) is 6.42 Å². The van der Waals surface area contributed by atoms with Crippen LogP contribution in [0.1, 0.15) is 23.5 Å². The van der Waals surface area contributed by atoms with E-state index in [1.54, 1.807) is 23.3 Å². The van der Waals surface area contributed by atoms with Crippen LogP contribution in [0, 0.1) is 0 Å². The summed E-state index contributed by atoms with van der Waals surface area (Å²) in [7, 11) is 1.85. The number of aromatic amines is 1. The van der Waals surface area contributed by atoms with Crippen molar-refractivity contribution in [2.75, 3.05) is 5.32 Å². The predicted molar refractivity (Wildman–Crippen MR) is 97.6 cm³/mol. The van der Waals surface area contributed by atoms with Gasteiger partial charge in [0.1, 0.15) is 5.82 Å². The third-order valence-electron chi connectivity index (χ3n) is 4.88. The summed E-state index contributed by atoms with van der Waals surface area (Å²) in [6.45, 7) is 0. The molecule has 0 saturated heterocycles. The molecule has 2 N–H and O–H groups in total. The van der Waals surface area contributed by atoms with Crippen molar-refractivity contribution in [2.24, 2.45) is 7.05 Å². The second-order valence-electron chi connectivity index (χ2n) is 6.50. The number of rotatable bonds is 2. The van der Waals surface area contributed by atoms with Crippen molar-refractivity contribution >= 4 is 22.6 Å². The van der Waals surface area contributed by atoms with Gasteiger partial charge < -0.3 is 5.32 Å². The number of aryl methyl sites for hydroxylation is 1. The molecule has 7 heteroatoms. The number of pyridine rings is 1. The van der Waals surface area contributed by atoms with Crippen LogP contribution in [-0.4, -0.2) is 30.9 Å². The minimum Gasteiger partial charge on any atom is -0.311 e. The molecule has 0 radical (unpaired) electrons. The highest BCUT2D eigenvalue weighted by Crippen LogP contribution is 2.42. The van der Waals surface area contributed by atoms with Crippen molar-refractivity contribution in [1.82, 2.24) is 25.0 Å². The highest BCUT2D eigenvalue weighted by molar-refractivity contribution is 5.96. The number of benzene rings is 1. The number of fused-ring (bicyclic) bond motifs is 2. The molecule has 5 rings (SSSR count). The second kappa shape index (κ2) is 5.52. The summed E-state index contributed by atoms with van der Waals surface area (Å²) in [6.07, 6.45) is 5.72. The van der Waals surface area contributed by atoms with Gasteiger partial charge in [-0.3, -0.25) is 19.6 Å². The molecule has 0 spiro atoms. The standard InChI is InChI=1S/C19H16N6O/c1-25-19-17(18(24-25)13-3-2-6-20-9-13)14(8-16(26)22-19)11-4-5-12-10-21-23-15(12)7-11/h2-7,9-10,14H,8H2,1H3,(H,21,23)(H,22,26). The van der Waals surface area contributed by atoms with Crippen molar-refractivity contribution in [1.29, 1.82) is 0 Å². The minimum absolute atomic E-state index is 0.00653. The molecule has 0 bridgehead atoms. The Balaban J connectivity index is 1.72. The topological polar surface area (TPSA) is 88.5 Å². The van der Waals surface area contributed by atoms with Crippen molar-refractivity contribution in [2.45, 2.75) is 12.3 Å². The number of amides is 1. The summed E-state index contributed by atoms with van der Waals surface area (Å²) in [5.74, 6) is 0.665. The number of aromatic nitrogens is 5. The number of hydrogen-bond acceptors (Lipinski definition) is 4. The van der Waals surface area contributed by atoms with E-state index in [2.05, 4.69) is 37.7 Å². The smallest absolute Gasteiger partial charge is 0.226 e. The van der Waals surface area contributed by atoms with E-state index >= 15 is 0 Å². The molecule has 3 aromatic heterocycles. The van der Waals surface area contributed by atoms with E-state index < -0.39 is 0 Å². The summed E-state index contributed by atoms with van der Waals surface area (Å²) < 4.78 is 1.73. The van der Waals surface area contributed by atoms with Crippen LogP contribution in [0.3, 0.4) is 0 Å². The lowest BCUT2D eigenvalue weighted by Crippen LogP contribution is -2.24. The molecule has 1 aliphatic heterocycles. The van der Waals surface area contributed by atoms with E-state index in [-0.39, 0.29) is 11.8 Å². The molecular weight excluding hydrogens is 328 g/mol. The number of carbonyl (C=O) groups is 1. The summed E-state index contributed by atoms with van der Waals surface area (Å²) >= 11 is 0. The third kappa shape index (κ3) is 2.21. The van der Waals surface area contributed by atoms with Gasteiger partial charge in [0, 0.05) is 48.3 Å². The number of H-pyrrole nitrogens is 1. The average molecular weight is 344 g/mol. The van der Waals surface area contributed by atoms with Crippen LogP contribution < -0.4 is 5.32 Å². The first-order chi connectivity index (χ1) is 12.7. The zero-order valence-electron chi connectivity index (χ0n) is 14.1. The molecule has 0 fully saturated rings. The van der Waals surface area contributed by atoms with Crippen molar-refractivity contribution < 1.29 is 4.79 Å². The van der Waals surface area contributed by atoms with Crippen LogP contribution in [0.2, 0.25) is 0 Å². The van der Waals surface area contributed by atoms with Gasteiger partial charge in [-0.05, 0) is 23.8 Å².